The minimum Gasteiger partial charge on any atom is -0.497 e. The monoisotopic (exact) mass is 439 g/mol. The molecule has 9 nitrogen and oxygen atoms in total. The maximum absolute atomic E-state index is 13.6. The van der Waals surface area contributed by atoms with Gasteiger partial charge in [0.1, 0.15) is 5.75 Å². The Morgan fingerprint density at radius 2 is 1.57 bits per heavy atom. The number of nitrogens with one attached hydrogen (secondary N) is 3. The molecule has 0 aromatic heterocycles. The number of hydrazine groups is 1. The first-order chi connectivity index (χ1) is 14.1. The van der Waals surface area contributed by atoms with Gasteiger partial charge in [-0.25, -0.2) is 12.8 Å². The number of methoxy groups -OCH3 is 1. The lowest BCUT2D eigenvalue weighted by Gasteiger charge is -2.18. The summed E-state index contributed by atoms with van der Waals surface area (Å²) in [4.78, 5) is 24.1. The number of carbonyl (C=O) groups is 2. The van der Waals surface area contributed by atoms with Gasteiger partial charge in [-0.1, -0.05) is 12.1 Å². The first-order valence-corrected chi connectivity index (χ1v) is 10.3. The Morgan fingerprint density at radius 3 is 2.17 bits per heavy atom. The molecule has 0 fully saturated rings. The van der Waals surface area contributed by atoms with Crippen molar-refractivity contribution < 1.29 is 31.9 Å². The van der Waals surface area contributed by atoms with Crippen molar-refractivity contribution in [3.05, 3.63) is 54.3 Å². The summed E-state index contributed by atoms with van der Waals surface area (Å²) in [5.41, 5.74) is 4.20. The molecule has 3 N–H and O–H groups in total. The zero-order valence-electron chi connectivity index (χ0n) is 16.5. The number of halogens is 1. The standard InChI is InChI=1S/C19H22FN3O6S/c1-12(23-30(26,27)15-10-8-14(28-3)9-11-15)18(24)21-22-19(25)13(2)29-17-7-5-4-6-16(17)20/h4-13,23H,1-3H3,(H,21,24)(H,22,25)/t12-,13?/m0/s1. The van der Waals surface area contributed by atoms with Crippen LogP contribution in [0.4, 0.5) is 4.39 Å². The molecule has 0 heterocycles. The van der Waals surface area contributed by atoms with Crippen LogP contribution in [0.2, 0.25) is 0 Å². The maximum Gasteiger partial charge on any atom is 0.279 e. The van der Waals surface area contributed by atoms with Crippen molar-refractivity contribution >= 4 is 21.8 Å². The van der Waals surface area contributed by atoms with Crippen LogP contribution >= 0.6 is 0 Å². The van der Waals surface area contributed by atoms with Crippen molar-refractivity contribution in [2.75, 3.05) is 7.11 Å². The zero-order valence-corrected chi connectivity index (χ0v) is 17.3. The van der Waals surface area contributed by atoms with Crippen molar-refractivity contribution in [2.24, 2.45) is 0 Å². The summed E-state index contributed by atoms with van der Waals surface area (Å²) in [5, 5.41) is 0. The number of carbonyl (C=O) groups excluding carboxylic acids is 2. The van der Waals surface area contributed by atoms with E-state index in [-0.39, 0.29) is 10.6 Å². The predicted molar refractivity (Wildman–Crippen MR) is 106 cm³/mol. The van der Waals surface area contributed by atoms with Gasteiger partial charge in [-0.3, -0.25) is 20.4 Å². The molecule has 0 spiro atoms. The smallest absolute Gasteiger partial charge is 0.279 e. The predicted octanol–water partition coefficient (Wildman–Crippen LogP) is 1.12. The summed E-state index contributed by atoms with van der Waals surface area (Å²) in [6.07, 6.45) is -1.12. The van der Waals surface area contributed by atoms with Crippen LogP contribution < -0.4 is 25.0 Å². The van der Waals surface area contributed by atoms with Crippen molar-refractivity contribution in [1.29, 1.82) is 0 Å². The lowest BCUT2D eigenvalue weighted by atomic mass is 10.3. The highest BCUT2D eigenvalue weighted by molar-refractivity contribution is 7.89. The Labute approximate surface area is 173 Å². The van der Waals surface area contributed by atoms with E-state index in [0.29, 0.717) is 5.75 Å². The van der Waals surface area contributed by atoms with E-state index in [1.165, 1.54) is 63.4 Å². The summed E-state index contributed by atoms with van der Waals surface area (Å²) >= 11 is 0. The van der Waals surface area contributed by atoms with Crippen LogP contribution in [0.15, 0.2) is 53.4 Å². The van der Waals surface area contributed by atoms with Crippen LogP contribution in [0.25, 0.3) is 0 Å². The second-order valence-corrected chi connectivity index (χ2v) is 7.90. The number of hydrogen-bond donors (Lipinski definition) is 3. The number of sulfonamides is 1. The Morgan fingerprint density at radius 1 is 0.967 bits per heavy atom. The van der Waals surface area contributed by atoms with Crippen LogP contribution in [-0.2, 0) is 19.6 Å². The van der Waals surface area contributed by atoms with E-state index in [2.05, 4.69) is 15.6 Å². The average Bonchev–Trinajstić information content (AvgIpc) is 2.72. The van der Waals surface area contributed by atoms with Gasteiger partial charge in [0.05, 0.1) is 18.0 Å². The zero-order chi connectivity index (χ0) is 22.3. The van der Waals surface area contributed by atoms with Gasteiger partial charge >= 0.3 is 0 Å². The van der Waals surface area contributed by atoms with Crippen molar-refractivity contribution in [2.45, 2.75) is 30.9 Å². The van der Waals surface area contributed by atoms with Crippen LogP contribution in [0.3, 0.4) is 0 Å². The normalized spacial score (nSPS) is 13.1. The van der Waals surface area contributed by atoms with E-state index in [4.69, 9.17) is 9.47 Å². The van der Waals surface area contributed by atoms with Gasteiger partial charge in [0, 0.05) is 0 Å². The second-order valence-electron chi connectivity index (χ2n) is 6.19. The molecule has 2 aromatic carbocycles. The number of rotatable bonds is 8. The molecule has 0 radical (unpaired) electrons. The third kappa shape index (κ3) is 6.16. The summed E-state index contributed by atoms with van der Waals surface area (Å²) < 4.78 is 50.6. The van der Waals surface area contributed by atoms with Gasteiger partial charge in [-0.05, 0) is 50.2 Å². The molecule has 1 unspecified atom stereocenters. The maximum atomic E-state index is 13.6. The fourth-order valence-electron chi connectivity index (χ4n) is 2.23. The van der Waals surface area contributed by atoms with Gasteiger partial charge in [-0.15, -0.1) is 0 Å². The van der Waals surface area contributed by atoms with E-state index in [9.17, 15) is 22.4 Å². The first-order valence-electron chi connectivity index (χ1n) is 8.81. The van der Waals surface area contributed by atoms with Crippen molar-refractivity contribution in [3.63, 3.8) is 0 Å². The van der Waals surface area contributed by atoms with Gasteiger partial charge in [0.15, 0.2) is 17.7 Å². The van der Waals surface area contributed by atoms with Gasteiger partial charge in [-0.2, -0.15) is 4.72 Å². The molecule has 2 aromatic rings. The van der Waals surface area contributed by atoms with Crippen LogP contribution in [-0.4, -0.2) is 39.5 Å². The Kier molecular flexibility index (Phi) is 7.72. The van der Waals surface area contributed by atoms with Crippen LogP contribution in [0.1, 0.15) is 13.8 Å². The van der Waals surface area contributed by atoms with E-state index < -0.39 is 39.8 Å². The van der Waals surface area contributed by atoms with Crippen molar-refractivity contribution in [3.8, 4) is 11.5 Å². The Hall–Kier alpha value is -3.18. The third-order valence-electron chi connectivity index (χ3n) is 3.91. The largest absolute Gasteiger partial charge is 0.497 e. The molecule has 0 aliphatic heterocycles. The Balaban J connectivity index is 1.88. The van der Waals surface area contributed by atoms with Gasteiger partial charge < -0.3 is 9.47 Å². The summed E-state index contributed by atoms with van der Waals surface area (Å²) in [6, 6.07) is 9.95. The molecule has 2 atom stereocenters. The molecule has 11 heteroatoms. The van der Waals surface area contributed by atoms with Gasteiger partial charge in [0.25, 0.3) is 11.8 Å². The molecule has 0 aliphatic carbocycles. The lowest BCUT2D eigenvalue weighted by Crippen LogP contribution is -2.53. The van der Waals surface area contributed by atoms with Crippen molar-refractivity contribution in [1.82, 2.24) is 15.6 Å². The average molecular weight is 439 g/mol. The van der Waals surface area contributed by atoms with E-state index in [1.54, 1.807) is 6.07 Å². The SMILES string of the molecule is COc1ccc(S(=O)(=O)N[C@@H](C)C(=O)NNC(=O)C(C)Oc2ccccc2F)cc1. The minimum absolute atomic E-state index is 0.0566. The number of amides is 2. The molecule has 30 heavy (non-hydrogen) atoms. The molecule has 0 saturated carbocycles. The third-order valence-corrected chi connectivity index (χ3v) is 5.47. The molecule has 2 amide bonds. The second kappa shape index (κ2) is 10.0. The number of para-hydroxylation sites is 1. The molecule has 0 saturated heterocycles. The molecular weight excluding hydrogens is 417 g/mol. The van der Waals surface area contributed by atoms with Gasteiger partial charge in [0.2, 0.25) is 10.0 Å². The topological polar surface area (TPSA) is 123 Å². The molecule has 0 aliphatic rings. The molecule has 0 bridgehead atoms. The summed E-state index contributed by atoms with van der Waals surface area (Å²) in [7, 11) is -2.53. The molecule has 2 rings (SSSR count). The Bertz CT molecular complexity index is 998. The fraction of sp³-hybridized carbons (Fsp3) is 0.263. The highest BCUT2D eigenvalue weighted by Crippen LogP contribution is 2.17. The fourth-order valence-corrected chi connectivity index (χ4v) is 3.43. The minimum atomic E-state index is -3.98. The van der Waals surface area contributed by atoms with Crippen LogP contribution in [0, 0.1) is 5.82 Å². The summed E-state index contributed by atoms with van der Waals surface area (Å²) in [5.74, 6) is -1.83. The summed E-state index contributed by atoms with van der Waals surface area (Å²) in [6.45, 7) is 2.67. The lowest BCUT2D eigenvalue weighted by molar-refractivity contribution is -0.133. The highest BCUT2D eigenvalue weighted by Gasteiger charge is 2.23. The molecular formula is C19H22FN3O6S. The van der Waals surface area contributed by atoms with Crippen LogP contribution in [0.5, 0.6) is 11.5 Å². The number of benzene rings is 2. The first kappa shape index (κ1) is 23.1. The number of hydrogen-bond acceptors (Lipinski definition) is 6. The molecule has 162 valence electrons. The highest BCUT2D eigenvalue weighted by atomic mass is 32.2. The van der Waals surface area contributed by atoms with E-state index in [1.807, 2.05) is 0 Å². The van der Waals surface area contributed by atoms with E-state index in [0.717, 1.165) is 0 Å². The number of ether oxygens (including phenoxy) is 2. The van der Waals surface area contributed by atoms with E-state index >= 15 is 0 Å². The quantitative estimate of drug-likeness (QED) is 0.530.